The van der Waals surface area contributed by atoms with E-state index in [1.54, 1.807) is 6.07 Å². The van der Waals surface area contributed by atoms with Crippen LogP contribution in [0.4, 0.5) is 4.39 Å². The minimum atomic E-state index is -0.240. The van der Waals surface area contributed by atoms with Gasteiger partial charge in [0.2, 0.25) is 0 Å². The van der Waals surface area contributed by atoms with Crippen molar-refractivity contribution in [2.24, 2.45) is 0 Å². The molecule has 22 heavy (non-hydrogen) atoms. The number of likely N-dealkylation sites (tertiary alicyclic amines) is 1. The minimum Gasteiger partial charge on any atom is -0.392 e. The second-order valence-electron chi connectivity index (χ2n) is 7.61. The molecule has 0 amide bonds. The summed E-state index contributed by atoms with van der Waals surface area (Å²) >= 11 is 0. The molecule has 0 bridgehead atoms. The number of hydrogen-bond acceptors (Lipinski definition) is 2. The van der Waals surface area contributed by atoms with E-state index < -0.39 is 0 Å². The van der Waals surface area contributed by atoms with Gasteiger partial charge in [-0.15, -0.1) is 0 Å². The molecule has 1 aliphatic rings. The number of H-pyrrole nitrogens is 1. The molecular formula is C18H25FN2O. The van der Waals surface area contributed by atoms with Crippen molar-refractivity contribution in [2.45, 2.75) is 51.2 Å². The van der Waals surface area contributed by atoms with Crippen LogP contribution in [-0.4, -0.2) is 40.7 Å². The lowest BCUT2D eigenvalue weighted by molar-refractivity contribution is 0.182. The third-order valence-electron chi connectivity index (χ3n) is 4.72. The van der Waals surface area contributed by atoms with Crippen LogP contribution in [0.25, 0.3) is 10.9 Å². The number of halogens is 1. The lowest BCUT2D eigenvalue weighted by Gasteiger charge is -2.23. The summed E-state index contributed by atoms with van der Waals surface area (Å²) < 4.78 is 13.5. The minimum absolute atomic E-state index is 0.0272. The average Bonchev–Trinajstić information content (AvgIpc) is 2.90. The van der Waals surface area contributed by atoms with Gasteiger partial charge in [0.25, 0.3) is 0 Å². The molecule has 0 spiro atoms. The predicted molar refractivity (Wildman–Crippen MR) is 87.7 cm³/mol. The van der Waals surface area contributed by atoms with Gasteiger partial charge in [-0.1, -0.05) is 20.8 Å². The van der Waals surface area contributed by atoms with Crippen molar-refractivity contribution < 1.29 is 9.50 Å². The van der Waals surface area contributed by atoms with E-state index in [1.807, 2.05) is 6.07 Å². The van der Waals surface area contributed by atoms with Gasteiger partial charge in [-0.05, 0) is 43.7 Å². The van der Waals surface area contributed by atoms with Gasteiger partial charge < -0.3 is 15.0 Å². The monoisotopic (exact) mass is 304 g/mol. The van der Waals surface area contributed by atoms with Crippen LogP contribution in [0.15, 0.2) is 18.2 Å². The predicted octanol–water partition coefficient (Wildman–Crippen LogP) is 3.21. The number of fused-ring (bicyclic) bond motifs is 1. The third kappa shape index (κ3) is 2.77. The number of nitrogens with one attached hydrogen (secondary N) is 1. The molecule has 1 fully saturated rings. The summed E-state index contributed by atoms with van der Waals surface area (Å²) in [5.41, 5.74) is 3.26. The molecule has 2 atom stereocenters. The van der Waals surface area contributed by atoms with E-state index in [4.69, 9.17) is 0 Å². The Morgan fingerprint density at radius 2 is 2.09 bits per heavy atom. The zero-order valence-corrected chi connectivity index (χ0v) is 13.8. The summed E-state index contributed by atoms with van der Waals surface area (Å²) in [5, 5.41) is 11.0. The van der Waals surface area contributed by atoms with Crippen LogP contribution in [0.5, 0.6) is 0 Å². The maximum atomic E-state index is 13.5. The lowest BCUT2D eigenvalue weighted by atomic mass is 9.86. The molecule has 2 heterocycles. The Hall–Kier alpha value is -1.39. The molecule has 4 heteroatoms. The molecule has 2 unspecified atom stereocenters. The first-order valence-electron chi connectivity index (χ1n) is 7.94. The van der Waals surface area contributed by atoms with Crippen LogP contribution in [-0.2, 0) is 11.8 Å². The molecule has 0 aliphatic carbocycles. The topological polar surface area (TPSA) is 39.3 Å². The van der Waals surface area contributed by atoms with Gasteiger partial charge in [0, 0.05) is 34.6 Å². The van der Waals surface area contributed by atoms with Crippen LogP contribution in [0.2, 0.25) is 0 Å². The van der Waals surface area contributed by atoms with E-state index >= 15 is 0 Å². The molecule has 120 valence electrons. The molecule has 0 saturated carbocycles. The molecule has 0 radical (unpaired) electrons. The van der Waals surface area contributed by atoms with Gasteiger partial charge in [0.1, 0.15) is 5.82 Å². The van der Waals surface area contributed by atoms with Crippen molar-refractivity contribution in [3.63, 3.8) is 0 Å². The van der Waals surface area contributed by atoms with Gasteiger partial charge in [0.15, 0.2) is 0 Å². The molecule has 1 aliphatic heterocycles. The van der Waals surface area contributed by atoms with Gasteiger partial charge in [0.05, 0.1) is 6.10 Å². The highest BCUT2D eigenvalue weighted by atomic mass is 19.1. The number of aliphatic hydroxyl groups is 1. The Bertz CT molecular complexity index is 686. The number of aliphatic hydroxyl groups excluding tert-OH is 1. The van der Waals surface area contributed by atoms with E-state index in [2.05, 4.69) is 37.7 Å². The second-order valence-corrected chi connectivity index (χ2v) is 7.61. The van der Waals surface area contributed by atoms with Crippen molar-refractivity contribution >= 4 is 10.9 Å². The van der Waals surface area contributed by atoms with E-state index in [9.17, 15) is 9.50 Å². The first kappa shape index (κ1) is 15.5. The van der Waals surface area contributed by atoms with Crippen molar-refractivity contribution in [3.05, 3.63) is 35.3 Å². The molecule has 1 aromatic heterocycles. The largest absolute Gasteiger partial charge is 0.392 e. The van der Waals surface area contributed by atoms with Crippen LogP contribution in [0, 0.1) is 5.82 Å². The third-order valence-corrected chi connectivity index (χ3v) is 4.72. The van der Waals surface area contributed by atoms with Crippen LogP contribution in [0.3, 0.4) is 0 Å². The quantitative estimate of drug-likeness (QED) is 0.894. The molecule has 3 nitrogen and oxygen atoms in total. The summed E-state index contributed by atoms with van der Waals surface area (Å²) in [6.07, 6.45) is 1.44. The number of β-amino-alcohol motifs (C(OH)–C–C–N with tert-alkyl or cyclic N) is 1. The number of nitrogens with zero attached hydrogens (tertiary/aromatic N) is 1. The number of hydrogen-bond donors (Lipinski definition) is 2. The summed E-state index contributed by atoms with van der Waals surface area (Å²) in [5.74, 6) is -0.214. The summed E-state index contributed by atoms with van der Waals surface area (Å²) in [4.78, 5) is 5.65. The first-order valence-corrected chi connectivity index (χ1v) is 7.94. The maximum absolute atomic E-state index is 13.5. The fourth-order valence-corrected chi connectivity index (χ4v) is 3.60. The summed E-state index contributed by atoms with van der Waals surface area (Å²) in [7, 11) is 2.06. The van der Waals surface area contributed by atoms with Crippen molar-refractivity contribution in [3.8, 4) is 0 Å². The SMILES string of the molecule is CN1CC(O)CC1Cc1c(C(C)(C)C)[nH]c2cc(F)ccc12. The van der Waals surface area contributed by atoms with Crippen molar-refractivity contribution in [1.29, 1.82) is 0 Å². The van der Waals surface area contributed by atoms with Gasteiger partial charge in [-0.3, -0.25) is 0 Å². The van der Waals surface area contributed by atoms with Gasteiger partial charge >= 0.3 is 0 Å². The fraction of sp³-hybridized carbons (Fsp3) is 0.556. The van der Waals surface area contributed by atoms with Crippen LogP contribution >= 0.6 is 0 Å². The standard InChI is InChI=1S/C18H25FN2O/c1-18(2,3)17-15(9-12-8-13(22)10-21(12)4)14-6-5-11(19)7-16(14)20-17/h5-7,12-13,20,22H,8-10H2,1-4H3. The second kappa shape index (κ2) is 5.36. The smallest absolute Gasteiger partial charge is 0.125 e. The van der Waals surface area contributed by atoms with Gasteiger partial charge in [-0.25, -0.2) is 4.39 Å². The number of benzene rings is 1. The Morgan fingerprint density at radius 3 is 2.68 bits per heavy atom. The molecule has 3 rings (SSSR count). The van der Waals surface area contributed by atoms with Crippen molar-refractivity contribution in [1.82, 2.24) is 9.88 Å². The fourth-order valence-electron chi connectivity index (χ4n) is 3.60. The Balaban J connectivity index is 2.06. The Morgan fingerprint density at radius 1 is 1.36 bits per heavy atom. The Labute approximate surface area is 131 Å². The average molecular weight is 304 g/mol. The normalized spacial score (nSPS) is 23.5. The summed E-state index contributed by atoms with van der Waals surface area (Å²) in [6.45, 7) is 7.24. The molecule has 2 aromatic rings. The lowest BCUT2D eigenvalue weighted by Crippen LogP contribution is -2.28. The highest BCUT2D eigenvalue weighted by Crippen LogP contribution is 2.34. The zero-order chi connectivity index (χ0) is 16.1. The molecule has 1 aromatic carbocycles. The van der Waals surface area contributed by atoms with E-state index in [1.165, 1.54) is 17.3 Å². The first-order chi connectivity index (χ1) is 10.3. The number of aromatic amines is 1. The van der Waals surface area contributed by atoms with Crippen LogP contribution < -0.4 is 0 Å². The van der Waals surface area contributed by atoms with Crippen molar-refractivity contribution in [2.75, 3.05) is 13.6 Å². The Kier molecular flexibility index (Phi) is 3.77. The maximum Gasteiger partial charge on any atom is 0.125 e. The van der Waals surface area contributed by atoms with E-state index in [0.29, 0.717) is 6.04 Å². The van der Waals surface area contributed by atoms with Gasteiger partial charge in [-0.2, -0.15) is 0 Å². The number of aromatic nitrogens is 1. The van der Waals surface area contributed by atoms with E-state index in [-0.39, 0.29) is 17.3 Å². The number of rotatable bonds is 2. The summed E-state index contributed by atoms with van der Waals surface area (Å²) in [6, 6.07) is 5.30. The highest BCUT2D eigenvalue weighted by molar-refractivity contribution is 5.85. The molecule has 1 saturated heterocycles. The number of likely N-dealkylation sites (N-methyl/N-ethyl adjacent to an activating group) is 1. The molecular weight excluding hydrogens is 279 g/mol. The molecule has 2 N–H and O–H groups in total. The zero-order valence-electron chi connectivity index (χ0n) is 13.8. The highest BCUT2D eigenvalue weighted by Gasteiger charge is 2.31. The van der Waals surface area contributed by atoms with Crippen LogP contribution in [0.1, 0.15) is 38.4 Å². The van der Waals surface area contributed by atoms with E-state index in [0.717, 1.165) is 30.3 Å².